The quantitative estimate of drug-likeness (QED) is 0.185. The molecule has 3 nitrogen and oxygen atoms in total. The monoisotopic (exact) mass is 737 g/mol. The third kappa shape index (κ3) is 7.06. The molecule has 0 radical (unpaired) electrons. The van der Waals surface area contributed by atoms with Gasteiger partial charge in [0.25, 0.3) is 0 Å². The first-order valence-corrected chi connectivity index (χ1v) is 19.9. The fourth-order valence-electron chi connectivity index (χ4n) is 7.90. The van der Waals surface area contributed by atoms with Crippen LogP contribution in [0.4, 0.5) is 0 Å². The Morgan fingerprint density at radius 3 is 1.44 bits per heavy atom. The number of rotatable bonds is 6. The molecule has 278 valence electrons. The zero-order valence-electron chi connectivity index (χ0n) is 33.6. The number of nitrogens with one attached hydrogen (secondary N) is 1. The number of aromatic amines is 1. The molecule has 0 fully saturated rings. The Morgan fingerprint density at radius 1 is 0.351 bits per heavy atom. The maximum Gasteiger partial charge on any atom is 0.0729 e. The average Bonchev–Trinajstić information content (AvgIpc) is 3.62. The van der Waals surface area contributed by atoms with Crippen LogP contribution in [0, 0.1) is 0 Å². The molecule has 3 aromatic heterocycles. The zero-order chi connectivity index (χ0) is 39.3. The van der Waals surface area contributed by atoms with Crippen molar-refractivity contribution in [1.29, 1.82) is 0 Å². The van der Waals surface area contributed by atoms with Gasteiger partial charge in [0.1, 0.15) is 0 Å². The maximum atomic E-state index is 5.04. The lowest BCUT2D eigenvalue weighted by molar-refractivity contribution is 0.590. The Hall–Kier alpha value is -6.58. The van der Waals surface area contributed by atoms with Crippen LogP contribution in [-0.4, -0.2) is 15.0 Å². The SMILES string of the molecule is CC(C)(C)c1cc(-c2cc(-c3ccccc3)cc(-c3ccccn3)c2)c2[nH]c3c(-c4cc(-c5ccc(-c6ccccc6)cc5)ccn4)cc(C(C)(C)C)cc3c2c1. The molecule has 0 amide bonds. The van der Waals surface area contributed by atoms with Gasteiger partial charge in [-0.3, -0.25) is 9.97 Å². The van der Waals surface area contributed by atoms with Crippen molar-refractivity contribution in [3.8, 4) is 67.0 Å². The number of aromatic nitrogens is 3. The van der Waals surface area contributed by atoms with Gasteiger partial charge in [0.2, 0.25) is 0 Å². The zero-order valence-corrected chi connectivity index (χ0v) is 33.6. The molecular formula is C54H47N3. The molecule has 0 spiro atoms. The van der Waals surface area contributed by atoms with E-state index in [2.05, 4.69) is 198 Å². The number of hydrogen-bond donors (Lipinski definition) is 1. The summed E-state index contributed by atoms with van der Waals surface area (Å²) >= 11 is 0. The van der Waals surface area contributed by atoms with Crippen LogP contribution in [-0.2, 0) is 10.8 Å². The van der Waals surface area contributed by atoms with Crippen LogP contribution in [0.3, 0.4) is 0 Å². The van der Waals surface area contributed by atoms with Gasteiger partial charge in [-0.1, -0.05) is 133 Å². The van der Waals surface area contributed by atoms with Gasteiger partial charge in [0.15, 0.2) is 0 Å². The summed E-state index contributed by atoms with van der Waals surface area (Å²) in [5.41, 5.74) is 18.1. The Morgan fingerprint density at radius 2 is 0.842 bits per heavy atom. The summed E-state index contributed by atoms with van der Waals surface area (Å²) in [4.78, 5) is 13.8. The van der Waals surface area contributed by atoms with E-state index in [0.717, 1.165) is 55.8 Å². The van der Waals surface area contributed by atoms with E-state index in [9.17, 15) is 0 Å². The molecule has 0 atom stereocenters. The second-order valence-corrected chi connectivity index (χ2v) is 17.3. The highest BCUT2D eigenvalue weighted by Gasteiger charge is 2.24. The van der Waals surface area contributed by atoms with E-state index in [4.69, 9.17) is 9.97 Å². The van der Waals surface area contributed by atoms with E-state index in [-0.39, 0.29) is 10.8 Å². The first kappa shape index (κ1) is 36.1. The molecule has 0 bridgehead atoms. The second kappa shape index (κ2) is 14.2. The van der Waals surface area contributed by atoms with Crippen LogP contribution in [0.2, 0.25) is 0 Å². The summed E-state index contributed by atoms with van der Waals surface area (Å²) < 4.78 is 0. The van der Waals surface area contributed by atoms with E-state index < -0.39 is 0 Å². The number of H-pyrrole nitrogens is 1. The van der Waals surface area contributed by atoms with Crippen LogP contribution >= 0.6 is 0 Å². The van der Waals surface area contributed by atoms with E-state index in [1.165, 1.54) is 44.2 Å². The molecule has 0 aliphatic carbocycles. The number of nitrogens with zero attached hydrogens (tertiary/aromatic N) is 2. The molecule has 57 heavy (non-hydrogen) atoms. The minimum Gasteiger partial charge on any atom is -0.353 e. The molecule has 0 aliphatic heterocycles. The highest BCUT2D eigenvalue weighted by atomic mass is 14.7. The minimum absolute atomic E-state index is 0.0796. The Kier molecular flexibility index (Phi) is 8.97. The normalized spacial score (nSPS) is 12.0. The summed E-state index contributed by atoms with van der Waals surface area (Å²) in [5.74, 6) is 0. The van der Waals surface area contributed by atoms with Crippen LogP contribution in [0.25, 0.3) is 88.8 Å². The van der Waals surface area contributed by atoms with Gasteiger partial charge >= 0.3 is 0 Å². The van der Waals surface area contributed by atoms with E-state index in [1.54, 1.807) is 0 Å². The highest BCUT2D eigenvalue weighted by Crippen LogP contribution is 2.44. The van der Waals surface area contributed by atoms with Gasteiger partial charge < -0.3 is 4.98 Å². The van der Waals surface area contributed by atoms with Gasteiger partial charge in [-0.05, 0) is 128 Å². The molecule has 0 unspecified atom stereocenters. The fourth-order valence-corrected chi connectivity index (χ4v) is 7.90. The van der Waals surface area contributed by atoms with Gasteiger partial charge in [-0.25, -0.2) is 0 Å². The minimum atomic E-state index is -0.0799. The van der Waals surface area contributed by atoms with Gasteiger partial charge in [0, 0.05) is 39.9 Å². The molecule has 9 rings (SSSR count). The third-order valence-electron chi connectivity index (χ3n) is 11.2. The average molecular weight is 738 g/mol. The molecular weight excluding hydrogens is 691 g/mol. The van der Waals surface area contributed by atoms with Crippen molar-refractivity contribution in [2.75, 3.05) is 0 Å². The van der Waals surface area contributed by atoms with Crippen molar-refractivity contribution < 1.29 is 0 Å². The van der Waals surface area contributed by atoms with Crippen molar-refractivity contribution in [1.82, 2.24) is 15.0 Å². The number of pyridine rings is 2. The standard InChI is InChI=1S/C54H47N3/c1-53(2,3)43-31-45(41-27-40(36-17-11-8-12-18-36)28-42(29-41)49-19-13-14-25-55-49)51-46(32-43)47-33-44(54(4,5)6)34-48(52(47)57-51)50-30-39(24-26-56-50)38-22-20-37(21-23-38)35-15-9-7-10-16-35/h7-34,57H,1-6H3. The number of benzene rings is 6. The topological polar surface area (TPSA) is 41.6 Å². The lowest BCUT2D eigenvalue weighted by atomic mass is 9.82. The summed E-state index contributed by atoms with van der Waals surface area (Å²) in [6.45, 7) is 13.8. The Bertz CT molecular complexity index is 2820. The highest BCUT2D eigenvalue weighted by molar-refractivity contribution is 6.16. The van der Waals surface area contributed by atoms with Crippen LogP contribution in [0.5, 0.6) is 0 Å². The second-order valence-electron chi connectivity index (χ2n) is 17.3. The van der Waals surface area contributed by atoms with Crippen molar-refractivity contribution in [2.24, 2.45) is 0 Å². The van der Waals surface area contributed by atoms with Crippen LogP contribution in [0.1, 0.15) is 52.7 Å². The molecule has 6 aromatic carbocycles. The first-order chi connectivity index (χ1) is 27.5. The van der Waals surface area contributed by atoms with Crippen molar-refractivity contribution in [3.63, 3.8) is 0 Å². The molecule has 0 aliphatic rings. The lowest BCUT2D eigenvalue weighted by Gasteiger charge is -2.22. The van der Waals surface area contributed by atoms with E-state index in [1.807, 2.05) is 18.5 Å². The number of fused-ring (bicyclic) bond motifs is 3. The van der Waals surface area contributed by atoms with Crippen molar-refractivity contribution in [2.45, 2.75) is 52.4 Å². The Labute approximate surface area is 336 Å². The summed E-state index contributed by atoms with van der Waals surface area (Å²) in [6.07, 6.45) is 3.82. The van der Waals surface area contributed by atoms with Crippen molar-refractivity contribution >= 4 is 21.8 Å². The van der Waals surface area contributed by atoms with E-state index in [0.29, 0.717) is 0 Å². The van der Waals surface area contributed by atoms with E-state index >= 15 is 0 Å². The van der Waals surface area contributed by atoms with Crippen LogP contribution in [0.15, 0.2) is 170 Å². The predicted octanol–water partition coefficient (Wildman–Crippen LogP) is 14.7. The molecule has 1 N–H and O–H groups in total. The summed E-state index contributed by atoms with van der Waals surface area (Å²) in [5, 5.41) is 2.43. The molecule has 0 saturated carbocycles. The molecule has 0 saturated heterocycles. The summed E-state index contributed by atoms with van der Waals surface area (Å²) in [7, 11) is 0. The molecule has 9 aromatic rings. The van der Waals surface area contributed by atoms with Gasteiger partial charge in [-0.15, -0.1) is 0 Å². The summed E-state index contributed by atoms with van der Waals surface area (Å²) in [6, 6.07) is 57.0. The lowest BCUT2D eigenvalue weighted by Crippen LogP contribution is -2.11. The molecule has 3 heterocycles. The maximum absolute atomic E-state index is 5.04. The largest absolute Gasteiger partial charge is 0.353 e. The number of hydrogen-bond acceptors (Lipinski definition) is 2. The molecule has 3 heteroatoms. The third-order valence-corrected chi connectivity index (χ3v) is 11.2. The first-order valence-electron chi connectivity index (χ1n) is 19.9. The smallest absolute Gasteiger partial charge is 0.0729 e. The van der Waals surface area contributed by atoms with Crippen LogP contribution < -0.4 is 0 Å². The van der Waals surface area contributed by atoms with Gasteiger partial charge in [-0.2, -0.15) is 0 Å². The Balaban J connectivity index is 1.27. The van der Waals surface area contributed by atoms with Gasteiger partial charge in [0.05, 0.1) is 22.4 Å². The predicted molar refractivity (Wildman–Crippen MR) is 241 cm³/mol. The fraction of sp³-hybridized carbons (Fsp3) is 0.148. The van der Waals surface area contributed by atoms with Crippen molar-refractivity contribution in [3.05, 3.63) is 181 Å².